The second kappa shape index (κ2) is 5.16. The van der Waals surface area contributed by atoms with E-state index in [2.05, 4.69) is 29.3 Å². The van der Waals surface area contributed by atoms with Crippen LogP contribution in [0.3, 0.4) is 0 Å². The molecule has 0 saturated heterocycles. The molecule has 0 amide bonds. The molecule has 3 nitrogen and oxygen atoms in total. The molecule has 0 unspecified atom stereocenters. The summed E-state index contributed by atoms with van der Waals surface area (Å²) in [6, 6.07) is 13.8. The van der Waals surface area contributed by atoms with Crippen LogP contribution in [0, 0.1) is 0 Å². The van der Waals surface area contributed by atoms with Crippen LogP contribution in [0.2, 0.25) is 0 Å². The number of nitrogens with zero attached hydrogens (tertiary/aromatic N) is 1. The lowest BCUT2D eigenvalue weighted by atomic mass is 10.2. The molecule has 2 aromatic rings. The first-order valence-electron chi connectivity index (χ1n) is 5.48. The van der Waals surface area contributed by atoms with Crippen LogP contribution in [-0.2, 0) is 6.42 Å². The molecule has 0 spiro atoms. The van der Waals surface area contributed by atoms with Crippen molar-refractivity contribution in [2.24, 2.45) is 0 Å². The molecule has 3 heteroatoms. The smallest absolute Gasteiger partial charge is 0.146 e. The molecule has 0 atom stereocenters. The summed E-state index contributed by atoms with van der Waals surface area (Å²) in [5.41, 5.74) is 13.9. The van der Waals surface area contributed by atoms with E-state index in [1.54, 1.807) is 6.07 Å². The molecule has 1 aromatic heterocycles. The number of pyridine rings is 1. The number of rotatable bonds is 3. The SMILES string of the molecule is Nc1ccc(CC=Cc2ccccc2)nc1N. The highest BCUT2D eigenvalue weighted by molar-refractivity contribution is 5.58. The number of allylic oxidation sites excluding steroid dienone is 1. The van der Waals surface area contributed by atoms with Crippen molar-refractivity contribution in [1.82, 2.24) is 4.98 Å². The van der Waals surface area contributed by atoms with Crippen molar-refractivity contribution in [2.45, 2.75) is 6.42 Å². The number of hydrogen-bond donors (Lipinski definition) is 2. The summed E-state index contributed by atoms with van der Waals surface area (Å²) in [6.07, 6.45) is 4.88. The molecule has 0 radical (unpaired) electrons. The summed E-state index contributed by atoms with van der Waals surface area (Å²) >= 11 is 0. The molecule has 17 heavy (non-hydrogen) atoms. The van der Waals surface area contributed by atoms with E-state index >= 15 is 0 Å². The first-order valence-corrected chi connectivity index (χ1v) is 5.48. The van der Waals surface area contributed by atoms with Gasteiger partial charge < -0.3 is 11.5 Å². The predicted octanol–water partition coefficient (Wildman–Crippen LogP) is 2.50. The molecule has 4 N–H and O–H groups in total. The molecule has 1 heterocycles. The third kappa shape index (κ3) is 3.08. The van der Waals surface area contributed by atoms with Gasteiger partial charge in [0, 0.05) is 12.1 Å². The fourth-order valence-corrected chi connectivity index (χ4v) is 1.52. The second-order valence-corrected chi connectivity index (χ2v) is 3.79. The Morgan fingerprint density at radius 3 is 2.47 bits per heavy atom. The van der Waals surface area contributed by atoms with Gasteiger partial charge in [-0.05, 0) is 17.7 Å². The summed E-state index contributed by atoms with van der Waals surface area (Å²) in [5, 5.41) is 0. The number of nitrogens with two attached hydrogens (primary N) is 2. The molecule has 86 valence electrons. The average molecular weight is 225 g/mol. The largest absolute Gasteiger partial charge is 0.396 e. The average Bonchev–Trinajstić information content (AvgIpc) is 2.35. The van der Waals surface area contributed by atoms with Gasteiger partial charge in [0.15, 0.2) is 0 Å². The summed E-state index contributed by atoms with van der Waals surface area (Å²) in [4.78, 5) is 4.21. The van der Waals surface area contributed by atoms with Crippen molar-refractivity contribution in [3.8, 4) is 0 Å². The van der Waals surface area contributed by atoms with Crippen molar-refractivity contribution < 1.29 is 0 Å². The summed E-state index contributed by atoms with van der Waals surface area (Å²) in [6.45, 7) is 0. The van der Waals surface area contributed by atoms with Crippen molar-refractivity contribution in [3.05, 3.63) is 59.8 Å². The van der Waals surface area contributed by atoms with Gasteiger partial charge in [0.25, 0.3) is 0 Å². The Balaban J connectivity index is 2.03. The highest BCUT2D eigenvalue weighted by atomic mass is 14.9. The van der Waals surface area contributed by atoms with Gasteiger partial charge in [0.1, 0.15) is 5.82 Å². The monoisotopic (exact) mass is 225 g/mol. The lowest BCUT2D eigenvalue weighted by Crippen LogP contribution is -1.99. The van der Waals surface area contributed by atoms with Crippen molar-refractivity contribution in [1.29, 1.82) is 0 Å². The lowest BCUT2D eigenvalue weighted by molar-refractivity contribution is 1.12. The minimum Gasteiger partial charge on any atom is -0.396 e. The molecule has 0 fully saturated rings. The molecular formula is C14H15N3. The van der Waals surface area contributed by atoms with Gasteiger partial charge in [0.05, 0.1) is 5.69 Å². The molecule has 0 saturated carbocycles. The van der Waals surface area contributed by atoms with E-state index in [9.17, 15) is 0 Å². The van der Waals surface area contributed by atoms with E-state index in [1.807, 2.05) is 24.3 Å². The first-order chi connectivity index (χ1) is 8.25. The maximum absolute atomic E-state index is 5.64. The van der Waals surface area contributed by atoms with Crippen LogP contribution in [0.25, 0.3) is 6.08 Å². The van der Waals surface area contributed by atoms with Gasteiger partial charge in [-0.25, -0.2) is 4.98 Å². The van der Waals surface area contributed by atoms with E-state index < -0.39 is 0 Å². The van der Waals surface area contributed by atoms with Crippen LogP contribution in [0.15, 0.2) is 48.5 Å². The van der Waals surface area contributed by atoms with Crippen LogP contribution in [0.1, 0.15) is 11.3 Å². The quantitative estimate of drug-likeness (QED) is 0.843. The topological polar surface area (TPSA) is 64.9 Å². The predicted molar refractivity (Wildman–Crippen MR) is 72.2 cm³/mol. The summed E-state index contributed by atoms with van der Waals surface area (Å²) < 4.78 is 0. The normalized spacial score (nSPS) is 10.8. The van der Waals surface area contributed by atoms with Gasteiger partial charge in [-0.2, -0.15) is 0 Å². The van der Waals surface area contributed by atoms with Gasteiger partial charge in [0.2, 0.25) is 0 Å². The molecule has 0 aliphatic heterocycles. The van der Waals surface area contributed by atoms with E-state index in [0.29, 0.717) is 11.5 Å². The van der Waals surface area contributed by atoms with Crippen LogP contribution in [0.4, 0.5) is 11.5 Å². The minimum atomic E-state index is 0.399. The Kier molecular flexibility index (Phi) is 3.40. The van der Waals surface area contributed by atoms with E-state index in [1.165, 1.54) is 5.56 Å². The number of nitrogen functional groups attached to an aromatic ring is 2. The van der Waals surface area contributed by atoms with E-state index in [-0.39, 0.29) is 0 Å². The minimum absolute atomic E-state index is 0.399. The third-order valence-corrected chi connectivity index (χ3v) is 2.45. The van der Waals surface area contributed by atoms with Crippen LogP contribution in [0.5, 0.6) is 0 Å². The third-order valence-electron chi connectivity index (χ3n) is 2.45. The van der Waals surface area contributed by atoms with Crippen LogP contribution in [-0.4, -0.2) is 4.98 Å². The van der Waals surface area contributed by atoms with Gasteiger partial charge in [-0.1, -0.05) is 42.5 Å². The van der Waals surface area contributed by atoms with Gasteiger partial charge >= 0.3 is 0 Å². The Labute approximate surface area is 101 Å². The van der Waals surface area contributed by atoms with Crippen LogP contribution < -0.4 is 11.5 Å². The first kappa shape index (κ1) is 11.2. The summed E-state index contributed by atoms with van der Waals surface area (Å²) in [5.74, 6) is 0.399. The molecular weight excluding hydrogens is 210 g/mol. The van der Waals surface area contributed by atoms with Gasteiger partial charge in [-0.3, -0.25) is 0 Å². The molecule has 1 aromatic carbocycles. The van der Waals surface area contributed by atoms with Crippen molar-refractivity contribution in [2.75, 3.05) is 11.5 Å². The zero-order valence-electron chi connectivity index (χ0n) is 9.51. The number of hydrogen-bond acceptors (Lipinski definition) is 3. The molecule has 0 bridgehead atoms. The zero-order chi connectivity index (χ0) is 12.1. The van der Waals surface area contributed by atoms with Crippen molar-refractivity contribution in [3.63, 3.8) is 0 Å². The molecule has 0 aliphatic rings. The van der Waals surface area contributed by atoms with E-state index in [4.69, 9.17) is 11.5 Å². The molecule has 2 rings (SSSR count). The number of anilines is 2. The Bertz CT molecular complexity index is 518. The highest BCUT2D eigenvalue weighted by Crippen LogP contribution is 2.12. The van der Waals surface area contributed by atoms with Crippen molar-refractivity contribution >= 4 is 17.6 Å². The number of aromatic nitrogens is 1. The lowest BCUT2D eigenvalue weighted by Gasteiger charge is -2.01. The maximum Gasteiger partial charge on any atom is 0.146 e. The Morgan fingerprint density at radius 1 is 1.00 bits per heavy atom. The second-order valence-electron chi connectivity index (χ2n) is 3.79. The van der Waals surface area contributed by atoms with Gasteiger partial charge in [-0.15, -0.1) is 0 Å². The Hall–Kier alpha value is -2.29. The summed E-state index contributed by atoms with van der Waals surface area (Å²) in [7, 11) is 0. The maximum atomic E-state index is 5.64. The Morgan fingerprint density at radius 2 is 1.76 bits per heavy atom. The fraction of sp³-hybridized carbons (Fsp3) is 0.0714. The van der Waals surface area contributed by atoms with Crippen LogP contribution >= 0.6 is 0 Å². The standard InChI is InChI=1S/C14H15N3/c15-13-10-9-12(17-14(13)16)8-4-7-11-5-2-1-3-6-11/h1-7,9-10H,8,15H2,(H2,16,17). The zero-order valence-corrected chi connectivity index (χ0v) is 9.51. The number of benzene rings is 1. The molecule has 0 aliphatic carbocycles. The van der Waals surface area contributed by atoms with E-state index in [0.717, 1.165) is 12.1 Å². The fourth-order valence-electron chi connectivity index (χ4n) is 1.52. The highest BCUT2D eigenvalue weighted by Gasteiger charge is 1.97.